The number of methoxy groups -OCH3 is 1. The van der Waals surface area contributed by atoms with Crippen LogP contribution in [0.3, 0.4) is 0 Å². The van der Waals surface area contributed by atoms with Crippen LogP contribution in [-0.2, 0) is 0 Å². The first-order chi connectivity index (χ1) is 10.6. The molecule has 112 valence electrons. The number of nitro benzene ring substituents is 1. The Morgan fingerprint density at radius 1 is 1.27 bits per heavy atom. The van der Waals surface area contributed by atoms with Crippen LogP contribution in [0.2, 0.25) is 0 Å². The van der Waals surface area contributed by atoms with Crippen LogP contribution >= 0.6 is 0 Å². The molecule has 0 aliphatic heterocycles. The van der Waals surface area contributed by atoms with Crippen LogP contribution in [0.1, 0.15) is 15.9 Å². The zero-order valence-electron chi connectivity index (χ0n) is 11.7. The summed E-state index contributed by atoms with van der Waals surface area (Å²) < 4.78 is 5.08. The Kier molecular flexibility index (Phi) is 4.81. The van der Waals surface area contributed by atoms with Gasteiger partial charge in [0.15, 0.2) is 0 Å². The molecule has 0 spiro atoms. The third-order valence-electron chi connectivity index (χ3n) is 2.81. The number of rotatable bonds is 5. The van der Waals surface area contributed by atoms with Crippen molar-refractivity contribution in [3.63, 3.8) is 0 Å². The Hall–Kier alpha value is -3.22. The van der Waals surface area contributed by atoms with Crippen molar-refractivity contribution in [1.29, 1.82) is 0 Å². The van der Waals surface area contributed by atoms with E-state index in [1.807, 2.05) is 6.07 Å². The summed E-state index contributed by atoms with van der Waals surface area (Å²) in [6.07, 6.45) is 1.48. The molecule has 0 heterocycles. The normalized spacial score (nSPS) is 10.4. The largest absolute Gasteiger partial charge is 0.497 e. The summed E-state index contributed by atoms with van der Waals surface area (Å²) >= 11 is 0. The van der Waals surface area contributed by atoms with E-state index in [-0.39, 0.29) is 11.3 Å². The molecule has 7 heteroatoms. The maximum atomic E-state index is 11.8. The minimum Gasteiger partial charge on any atom is -0.497 e. The summed E-state index contributed by atoms with van der Waals surface area (Å²) in [5, 5.41) is 14.4. The van der Waals surface area contributed by atoms with Crippen LogP contribution in [0.15, 0.2) is 53.6 Å². The number of hydrazone groups is 1. The second-order valence-electron chi connectivity index (χ2n) is 4.28. The molecule has 0 saturated carbocycles. The van der Waals surface area contributed by atoms with E-state index >= 15 is 0 Å². The van der Waals surface area contributed by atoms with Crippen molar-refractivity contribution >= 4 is 17.8 Å². The standard InChI is InChI=1S/C15H13N3O4/c1-22-14-4-2-3-11(9-14)10-16-17-15(19)12-5-7-13(8-6-12)18(20)21/h2-10H,1H3,(H,17,19)/b16-10+. The van der Waals surface area contributed by atoms with Crippen LogP contribution in [0.4, 0.5) is 5.69 Å². The van der Waals surface area contributed by atoms with Crippen molar-refractivity contribution < 1.29 is 14.5 Å². The highest BCUT2D eigenvalue weighted by Crippen LogP contribution is 2.12. The van der Waals surface area contributed by atoms with Gasteiger partial charge in [-0.1, -0.05) is 12.1 Å². The molecule has 2 aromatic carbocycles. The Labute approximate surface area is 126 Å². The minimum atomic E-state index is -0.525. The lowest BCUT2D eigenvalue weighted by molar-refractivity contribution is -0.384. The van der Waals surface area contributed by atoms with E-state index in [4.69, 9.17) is 4.74 Å². The number of benzene rings is 2. The number of ether oxygens (including phenoxy) is 1. The Balaban J connectivity index is 1.99. The predicted molar refractivity (Wildman–Crippen MR) is 81.2 cm³/mol. The second kappa shape index (κ2) is 6.98. The van der Waals surface area contributed by atoms with Gasteiger partial charge in [-0.05, 0) is 29.8 Å². The molecule has 0 radical (unpaired) electrons. The number of carbonyl (C=O) groups is 1. The van der Waals surface area contributed by atoms with E-state index in [0.29, 0.717) is 5.75 Å². The third kappa shape index (κ3) is 3.89. The summed E-state index contributed by atoms with van der Waals surface area (Å²) in [5.41, 5.74) is 3.33. The van der Waals surface area contributed by atoms with Gasteiger partial charge in [0.05, 0.1) is 18.2 Å². The first kappa shape index (κ1) is 15.2. The molecule has 0 unspecified atom stereocenters. The average molecular weight is 299 g/mol. The van der Waals surface area contributed by atoms with Crippen molar-refractivity contribution in [3.8, 4) is 5.75 Å². The molecule has 7 nitrogen and oxygen atoms in total. The first-order valence-electron chi connectivity index (χ1n) is 6.32. The van der Waals surface area contributed by atoms with Crippen molar-refractivity contribution in [2.45, 2.75) is 0 Å². The first-order valence-corrected chi connectivity index (χ1v) is 6.32. The van der Waals surface area contributed by atoms with E-state index in [9.17, 15) is 14.9 Å². The van der Waals surface area contributed by atoms with E-state index in [0.717, 1.165) is 5.56 Å². The molecule has 1 amide bonds. The summed E-state index contributed by atoms with van der Waals surface area (Å²) in [6, 6.07) is 12.4. The van der Waals surface area contributed by atoms with Gasteiger partial charge >= 0.3 is 0 Å². The lowest BCUT2D eigenvalue weighted by atomic mass is 10.2. The number of hydrogen-bond donors (Lipinski definition) is 1. The fraction of sp³-hybridized carbons (Fsp3) is 0.0667. The molecule has 0 aliphatic carbocycles. The fourth-order valence-corrected chi connectivity index (χ4v) is 1.69. The summed E-state index contributed by atoms with van der Waals surface area (Å²) in [7, 11) is 1.56. The fourth-order valence-electron chi connectivity index (χ4n) is 1.69. The van der Waals surface area contributed by atoms with Gasteiger partial charge < -0.3 is 4.74 Å². The molecular formula is C15H13N3O4. The number of hydrogen-bond acceptors (Lipinski definition) is 5. The Bertz CT molecular complexity index is 711. The molecule has 0 atom stereocenters. The van der Waals surface area contributed by atoms with E-state index in [2.05, 4.69) is 10.5 Å². The Morgan fingerprint density at radius 2 is 2.00 bits per heavy atom. The molecule has 0 aliphatic rings. The summed E-state index contributed by atoms with van der Waals surface area (Å²) in [4.78, 5) is 21.8. The van der Waals surface area contributed by atoms with Crippen molar-refractivity contribution in [1.82, 2.24) is 5.43 Å². The maximum Gasteiger partial charge on any atom is 0.271 e. The highest BCUT2D eigenvalue weighted by Gasteiger charge is 2.08. The Morgan fingerprint density at radius 3 is 2.64 bits per heavy atom. The monoisotopic (exact) mass is 299 g/mol. The molecular weight excluding hydrogens is 286 g/mol. The lowest BCUT2D eigenvalue weighted by Crippen LogP contribution is -2.17. The average Bonchev–Trinajstić information content (AvgIpc) is 2.55. The van der Waals surface area contributed by atoms with Crippen LogP contribution in [0, 0.1) is 10.1 Å². The van der Waals surface area contributed by atoms with Gasteiger partial charge in [0.2, 0.25) is 0 Å². The highest BCUT2D eigenvalue weighted by atomic mass is 16.6. The molecule has 0 fully saturated rings. The number of nitro groups is 1. The molecule has 22 heavy (non-hydrogen) atoms. The van der Waals surface area contributed by atoms with E-state index < -0.39 is 10.8 Å². The van der Waals surface area contributed by atoms with Gasteiger partial charge in [0, 0.05) is 17.7 Å². The van der Waals surface area contributed by atoms with Crippen molar-refractivity contribution in [3.05, 3.63) is 69.8 Å². The number of nitrogens with zero attached hydrogens (tertiary/aromatic N) is 2. The van der Waals surface area contributed by atoms with E-state index in [1.54, 1.807) is 25.3 Å². The molecule has 0 aromatic heterocycles. The van der Waals surface area contributed by atoms with Gasteiger partial charge in [-0.3, -0.25) is 14.9 Å². The highest BCUT2D eigenvalue weighted by molar-refractivity contribution is 5.95. The van der Waals surface area contributed by atoms with Crippen LogP contribution in [0.5, 0.6) is 5.75 Å². The predicted octanol–water partition coefficient (Wildman–Crippen LogP) is 2.37. The lowest BCUT2D eigenvalue weighted by Gasteiger charge is -2.01. The van der Waals surface area contributed by atoms with Gasteiger partial charge in [-0.15, -0.1) is 0 Å². The van der Waals surface area contributed by atoms with Crippen LogP contribution < -0.4 is 10.2 Å². The van der Waals surface area contributed by atoms with E-state index in [1.165, 1.54) is 30.5 Å². The molecule has 0 saturated heterocycles. The van der Waals surface area contributed by atoms with Gasteiger partial charge in [-0.2, -0.15) is 5.10 Å². The SMILES string of the molecule is COc1cccc(/C=N/NC(=O)c2ccc([N+](=O)[O-])cc2)c1. The minimum absolute atomic E-state index is 0.0727. The van der Waals surface area contributed by atoms with Crippen LogP contribution in [0.25, 0.3) is 0 Å². The van der Waals surface area contributed by atoms with Gasteiger partial charge in [-0.25, -0.2) is 5.43 Å². The number of carbonyl (C=O) groups excluding carboxylic acids is 1. The molecule has 0 bridgehead atoms. The summed E-state index contributed by atoms with van der Waals surface area (Å²) in [5.74, 6) is 0.236. The third-order valence-corrected chi connectivity index (χ3v) is 2.81. The van der Waals surface area contributed by atoms with Crippen molar-refractivity contribution in [2.75, 3.05) is 7.11 Å². The smallest absolute Gasteiger partial charge is 0.271 e. The zero-order chi connectivity index (χ0) is 15.9. The van der Waals surface area contributed by atoms with Gasteiger partial charge in [0.25, 0.3) is 11.6 Å². The second-order valence-corrected chi connectivity index (χ2v) is 4.28. The molecule has 1 N–H and O–H groups in total. The van der Waals surface area contributed by atoms with Gasteiger partial charge in [0.1, 0.15) is 5.75 Å². The summed E-state index contributed by atoms with van der Waals surface area (Å²) in [6.45, 7) is 0. The number of non-ortho nitro benzene ring substituents is 1. The number of nitrogens with one attached hydrogen (secondary N) is 1. The maximum absolute atomic E-state index is 11.8. The zero-order valence-corrected chi connectivity index (χ0v) is 11.7. The molecule has 2 aromatic rings. The van der Waals surface area contributed by atoms with Crippen LogP contribution in [-0.4, -0.2) is 24.2 Å². The molecule has 2 rings (SSSR count). The topological polar surface area (TPSA) is 93.8 Å². The van der Waals surface area contributed by atoms with Crippen molar-refractivity contribution in [2.24, 2.45) is 5.10 Å². The number of amides is 1. The quantitative estimate of drug-likeness (QED) is 0.521.